The average Bonchev–Trinajstić information content (AvgIpc) is 2.72. The molecule has 0 bridgehead atoms. The molecule has 0 saturated heterocycles. The van der Waals surface area contributed by atoms with E-state index in [1.807, 2.05) is 36.4 Å². The largest absolute Gasteiger partial charge is 0.508 e. The Morgan fingerprint density at radius 2 is 1.82 bits per heavy atom. The molecule has 0 spiro atoms. The van der Waals surface area contributed by atoms with Crippen LogP contribution in [0.15, 0.2) is 66.7 Å². The fourth-order valence-corrected chi connectivity index (χ4v) is 2.95. The third kappa shape index (κ3) is 4.05. The predicted molar refractivity (Wildman–Crippen MR) is 107 cm³/mol. The van der Waals surface area contributed by atoms with E-state index in [4.69, 9.17) is 11.8 Å². The maximum atomic E-state index is 12.2. The Hall–Kier alpha value is -3.58. The molecule has 7 nitrogen and oxygen atoms in total. The number of carbonyl (C=O) groups excluding carboxylic acids is 1. The summed E-state index contributed by atoms with van der Waals surface area (Å²) < 4.78 is 0. The average molecular weight is 398 g/mol. The normalized spacial score (nSPS) is 10.3. The van der Waals surface area contributed by atoms with Gasteiger partial charge in [-0.2, -0.15) is 0 Å². The van der Waals surface area contributed by atoms with Gasteiger partial charge < -0.3 is 10.4 Å². The summed E-state index contributed by atoms with van der Waals surface area (Å²) >= 11 is 5.51. The van der Waals surface area contributed by atoms with Crippen molar-refractivity contribution < 1.29 is 14.8 Å². The minimum atomic E-state index is -0.534. The maximum absolute atomic E-state index is 12.2. The Morgan fingerprint density at radius 1 is 1.07 bits per heavy atom. The number of hydrogen-bond donors (Lipinski definition) is 3. The molecule has 0 aromatic heterocycles. The molecule has 1 amide bonds. The van der Waals surface area contributed by atoms with Crippen LogP contribution in [0.25, 0.3) is 11.1 Å². The SMILES string of the molecule is O=C(NCl)c1cccc(-c2ccccc2)c1NCc1cc([N+](=O)[O-])ccc1O. The first-order valence-corrected chi connectivity index (χ1v) is 8.68. The monoisotopic (exact) mass is 397 g/mol. The van der Waals surface area contributed by atoms with Gasteiger partial charge in [-0.1, -0.05) is 42.5 Å². The maximum Gasteiger partial charge on any atom is 0.270 e. The molecule has 0 fully saturated rings. The number of nitrogens with one attached hydrogen (secondary N) is 2. The number of rotatable bonds is 6. The van der Waals surface area contributed by atoms with E-state index in [0.29, 0.717) is 16.8 Å². The van der Waals surface area contributed by atoms with Crippen molar-refractivity contribution in [3.8, 4) is 16.9 Å². The van der Waals surface area contributed by atoms with E-state index >= 15 is 0 Å². The number of phenols is 1. The number of halogens is 1. The highest BCUT2D eigenvalue weighted by Gasteiger charge is 2.17. The molecule has 0 aliphatic rings. The molecule has 3 aromatic carbocycles. The van der Waals surface area contributed by atoms with Crippen molar-refractivity contribution in [3.63, 3.8) is 0 Å². The number of para-hydroxylation sites is 1. The lowest BCUT2D eigenvalue weighted by atomic mass is 9.99. The van der Waals surface area contributed by atoms with Gasteiger partial charge in [0.2, 0.25) is 0 Å². The van der Waals surface area contributed by atoms with Gasteiger partial charge in [0.25, 0.3) is 11.6 Å². The van der Waals surface area contributed by atoms with E-state index < -0.39 is 10.8 Å². The van der Waals surface area contributed by atoms with Crippen LogP contribution in [0.3, 0.4) is 0 Å². The van der Waals surface area contributed by atoms with Gasteiger partial charge in [-0.25, -0.2) is 0 Å². The summed E-state index contributed by atoms with van der Waals surface area (Å²) in [5, 5.41) is 24.2. The van der Waals surface area contributed by atoms with Crippen molar-refractivity contribution in [1.29, 1.82) is 0 Å². The Kier molecular flexibility index (Phi) is 5.76. The topological polar surface area (TPSA) is 104 Å². The summed E-state index contributed by atoms with van der Waals surface area (Å²) in [5.74, 6) is -0.580. The number of nitro benzene ring substituents is 1. The number of benzene rings is 3. The fourth-order valence-electron chi connectivity index (χ4n) is 2.85. The third-order valence-corrected chi connectivity index (χ3v) is 4.38. The van der Waals surface area contributed by atoms with Gasteiger partial charge >= 0.3 is 0 Å². The van der Waals surface area contributed by atoms with Crippen molar-refractivity contribution in [3.05, 3.63) is 88.0 Å². The molecule has 3 rings (SSSR count). The van der Waals surface area contributed by atoms with Crippen molar-refractivity contribution >= 4 is 29.1 Å². The summed E-state index contributed by atoms with van der Waals surface area (Å²) in [4.78, 5) is 24.8. The summed E-state index contributed by atoms with van der Waals surface area (Å²) in [5.41, 5.74) is 2.62. The first-order chi connectivity index (χ1) is 13.5. The summed E-state index contributed by atoms with van der Waals surface area (Å²) in [6.45, 7) is 0.0694. The number of amides is 1. The van der Waals surface area contributed by atoms with E-state index in [9.17, 15) is 20.0 Å². The molecule has 0 atom stereocenters. The number of aromatic hydroxyl groups is 1. The fraction of sp³-hybridized carbons (Fsp3) is 0.0500. The lowest BCUT2D eigenvalue weighted by Crippen LogP contribution is -2.16. The molecule has 142 valence electrons. The van der Waals surface area contributed by atoms with Gasteiger partial charge in [-0.05, 0) is 17.7 Å². The second kappa shape index (κ2) is 8.41. The minimum absolute atomic E-state index is 0.0694. The second-order valence-electron chi connectivity index (χ2n) is 5.94. The zero-order valence-electron chi connectivity index (χ0n) is 14.6. The van der Waals surface area contributed by atoms with E-state index in [0.717, 1.165) is 11.1 Å². The Bertz CT molecular complexity index is 1030. The van der Waals surface area contributed by atoms with Gasteiger partial charge in [0.1, 0.15) is 5.75 Å². The van der Waals surface area contributed by atoms with Crippen LogP contribution < -0.4 is 10.2 Å². The molecule has 0 saturated carbocycles. The number of hydrogen-bond acceptors (Lipinski definition) is 5. The number of carbonyl (C=O) groups is 1. The zero-order valence-corrected chi connectivity index (χ0v) is 15.3. The molecule has 0 aliphatic heterocycles. The molecule has 0 heterocycles. The zero-order chi connectivity index (χ0) is 20.1. The molecule has 28 heavy (non-hydrogen) atoms. The Labute approximate surface area is 165 Å². The number of phenolic OH excluding ortho intramolecular Hbond substituents is 1. The Balaban J connectivity index is 2.02. The van der Waals surface area contributed by atoms with Crippen molar-refractivity contribution in [2.24, 2.45) is 0 Å². The first-order valence-electron chi connectivity index (χ1n) is 8.31. The van der Waals surface area contributed by atoms with Gasteiger partial charge in [0, 0.05) is 41.6 Å². The number of non-ortho nitro benzene ring substituents is 1. The van der Waals surface area contributed by atoms with Crippen molar-refractivity contribution in [2.45, 2.75) is 6.54 Å². The van der Waals surface area contributed by atoms with Crippen LogP contribution in [0.2, 0.25) is 0 Å². The summed E-state index contributed by atoms with van der Waals surface area (Å²) in [6.07, 6.45) is 0. The smallest absolute Gasteiger partial charge is 0.270 e. The molecular weight excluding hydrogens is 382 g/mol. The standard InChI is InChI=1S/C20H16ClN3O4/c21-23-20(26)17-8-4-7-16(13-5-2-1-3-6-13)19(17)22-12-14-11-15(24(27)28)9-10-18(14)25/h1-11,22,25H,12H2,(H,23,26). The van der Waals surface area contributed by atoms with Crippen LogP contribution in [0.5, 0.6) is 5.75 Å². The molecule has 0 aliphatic carbocycles. The van der Waals surface area contributed by atoms with Crippen LogP contribution in [0.1, 0.15) is 15.9 Å². The molecule has 0 unspecified atom stereocenters. The van der Waals surface area contributed by atoms with Crippen molar-refractivity contribution in [1.82, 2.24) is 4.84 Å². The highest BCUT2D eigenvalue weighted by Crippen LogP contribution is 2.32. The minimum Gasteiger partial charge on any atom is -0.508 e. The predicted octanol–water partition coefficient (Wildman–Crippen LogP) is 4.46. The highest BCUT2D eigenvalue weighted by molar-refractivity contribution is 6.25. The van der Waals surface area contributed by atoms with Crippen LogP contribution >= 0.6 is 11.8 Å². The molecular formula is C20H16ClN3O4. The molecule has 3 N–H and O–H groups in total. The van der Waals surface area contributed by atoms with Crippen LogP contribution in [-0.4, -0.2) is 15.9 Å². The van der Waals surface area contributed by atoms with Crippen LogP contribution in [-0.2, 0) is 6.54 Å². The number of nitro groups is 1. The van der Waals surface area contributed by atoms with E-state index in [1.54, 1.807) is 12.1 Å². The molecule has 3 aromatic rings. The van der Waals surface area contributed by atoms with Crippen LogP contribution in [0.4, 0.5) is 11.4 Å². The third-order valence-electron chi connectivity index (χ3n) is 4.21. The molecule has 0 radical (unpaired) electrons. The number of nitrogens with zero attached hydrogens (tertiary/aromatic N) is 1. The summed E-state index contributed by atoms with van der Waals surface area (Å²) in [7, 11) is 0. The lowest BCUT2D eigenvalue weighted by Gasteiger charge is -2.16. The van der Waals surface area contributed by atoms with Crippen LogP contribution in [0, 0.1) is 10.1 Å². The Morgan fingerprint density at radius 3 is 2.50 bits per heavy atom. The highest BCUT2D eigenvalue weighted by atomic mass is 35.5. The quantitative estimate of drug-likeness (QED) is 0.323. The van der Waals surface area contributed by atoms with E-state index in [-0.39, 0.29) is 18.0 Å². The van der Waals surface area contributed by atoms with Gasteiger partial charge in [0.05, 0.1) is 16.2 Å². The van der Waals surface area contributed by atoms with Gasteiger partial charge in [0.15, 0.2) is 0 Å². The lowest BCUT2D eigenvalue weighted by molar-refractivity contribution is -0.384. The molecule has 8 heteroatoms. The summed E-state index contributed by atoms with van der Waals surface area (Å²) in [6, 6.07) is 18.4. The first kappa shape index (κ1) is 19.2. The van der Waals surface area contributed by atoms with Gasteiger partial charge in [-0.3, -0.25) is 19.7 Å². The van der Waals surface area contributed by atoms with E-state index in [2.05, 4.69) is 10.2 Å². The van der Waals surface area contributed by atoms with Crippen molar-refractivity contribution in [2.75, 3.05) is 5.32 Å². The van der Waals surface area contributed by atoms with Gasteiger partial charge in [-0.15, -0.1) is 0 Å². The second-order valence-corrected chi connectivity index (χ2v) is 6.13. The number of anilines is 1. The van der Waals surface area contributed by atoms with E-state index in [1.165, 1.54) is 18.2 Å².